The third kappa shape index (κ3) is 9.82. The van der Waals surface area contributed by atoms with Gasteiger partial charge in [0.1, 0.15) is 0 Å². The van der Waals surface area contributed by atoms with Gasteiger partial charge in [-0.1, -0.05) is 48.8 Å². The number of carbonyl (C=O) groups is 2. The molecular weight excluding hydrogens is 340 g/mol. The van der Waals surface area contributed by atoms with Crippen LogP contribution in [0.4, 0.5) is 0 Å². The molecule has 6 heteroatoms. The first-order valence-corrected chi connectivity index (χ1v) is 11.7. The van der Waals surface area contributed by atoms with E-state index in [1.807, 2.05) is 21.6 Å². The molecule has 0 aromatic rings. The summed E-state index contributed by atoms with van der Waals surface area (Å²) in [6, 6.07) is 0. The molecule has 24 heavy (non-hydrogen) atoms. The van der Waals surface area contributed by atoms with Gasteiger partial charge in [-0.05, 0) is 38.0 Å². The van der Waals surface area contributed by atoms with E-state index in [0.717, 1.165) is 30.9 Å². The Morgan fingerprint density at radius 3 is 2.54 bits per heavy atom. The Morgan fingerprint density at radius 1 is 1.17 bits per heavy atom. The lowest BCUT2D eigenvalue weighted by molar-refractivity contribution is -0.126. The van der Waals surface area contributed by atoms with Gasteiger partial charge < -0.3 is 10.6 Å². The van der Waals surface area contributed by atoms with E-state index >= 15 is 0 Å². The highest BCUT2D eigenvalue weighted by Gasteiger charge is 2.17. The summed E-state index contributed by atoms with van der Waals surface area (Å²) >= 11 is 0. The third-order valence-corrected chi connectivity index (χ3v) is 7.28. The van der Waals surface area contributed by atoms with Crippen LogP contribution >= 0.6 is 21.6 Å². The van der Waals surface area contributed by atoms with Crippen LogP contribution in [-0.2, 0) is 9.59 Å². The van der Waals surface area contributed by atoms with Crippen molar-refractivity contribution in [3.05, 3.63) is 0 Å². The summed E-state index contributed by atoms with van der Waals surface area (Å²) in [6.45, 7) is 7.38. The van der Waals surface area contributed by atoms with Gasteiger partial charge in [-0.3, -0.25) is 9.59 Å². The summed E-state index contributed by atoms with van der Waals surface area (Å²) in [5.41, 5.74) is 0. The zero-order chi connectivity index (χ0) is 17.8. The van der Waals surface area contributed by atoms with E-state index in [4.69, 9.17) is 0 Å². The largest absolute Gasteiger partial charge is 0.354 e. The van der Waals surface area contributed by atoms with Crippen molar-refractivity contribution in [2.24, 2.45) is 11.8 Å². The van der Waals surface area contributed by atoms with E-state index in [1.54, 1.807) is 0 Å². The highest BCUT2D eigenvalue weighted by Crippen LogP contribution is 2.39. The Hall–Kier alpha value is -0.360. The van der Waals surface area contributed by atoms with Crippen molar-refractivity contribution >= 4 is 33.4 Å². The molecule has 1 aliphatic rings. The zero-order valence-electron chi connectivity index (χ0n) is 15.4. The van der Waals surface area contributed by atoms with E-state index in [-0.39, 0.29) is 17.7 Å². The van der Waals surface area contributed by atoms with Gasteiger partial charge >= 0.3 is 0 Å². The van der Waals surface area contributed by atoms with E-state index < -0.39 is 0 Å². The summed E-state index contributed by atoms with van der Waals surface area (Å²) in [7, 11) is 3.98. The molecule has 0 radical (unpaired) electrons. The van der Waals surface area contributed by atoms with Crippen molar-refractivity contribution in [2.75, 3.05) is 18.8 Å². The molecule has 2 amide bonds. The maximum atomic E-state index is 12.1. The lowest BCUT2D eigenvalue weighted by Gasteiger charge is -2.17. The second-order valence-electron chi connectivity index (χ2n) is 6.95. The second kappa shape index (κ2) is 12.9. The molecule has 1 heterocycles. The molecule has 0 bridgehead atoms. The van der Waals surface area contributed by atoms with Crippen molar-refractivity contribution in [2.45, 2.75) is 71.0 Å². The second-order valence-corrected chi connectivity index (χ2v) is 9.74. The van der Waals surface area contributed by atoms with Crippen LogP contribution in [0.25, 0.3) is 0 Å². The first-order chi connectivity index (χ1) is 11.5. The first kappa shape index (κ1) is 21.7. The number of carbonyl (C=O) groups excluding carboxylic acids is 2. The molecule has 0 spiro atoms. The number of unbranched alkanes of at least 4 members (excludes halogenated alkanes) is 1. The number of amides is 2. The average Bonchev–Trinajstić information content (AvgIpc) is 3.06. The van der Waals surface area contributed by atoms with Gasteiger partial charge in [0.05, 0.1) is 0 Å². The molecule has 1 aliphatic heterocycles. The zero-order valence-corrected chi connectivity index (χ0v) is 17.1. The Labute approximate surface area is 155 Å². The average molecular weight is 375 g/mol. The Morgan fingerprint density at radius 2 is 1.92 bits per heavy atom. The maximum absolute atomic E-state index is 12.1. The van der Waals surface area contributed by atoms with Crippen LogP contribution < -0.4 is 10.6 Å². The first-order valence-electron chi connectivity index (χ1n) is 9.35. The van der Waals surface area contributed by atoms with Gasteiger partial charge in [-0.2, -0.15) is 0 Å². The number of hydrogen-bond acceptors (Lipinski definition) is 4. The van der Waals surface area contributed by atoms with Gasteiger partial charge in [-0.25, -0.2) is 0 Å². The molecule has 4 nitrogen and oxygen atoms in total. The van der Waals surface area contributed by atoms with Crippen LogP contribution in [0.3, 0.4) is 0 Å². The third-order valence-electron chi connectivity index (χ3n) is 4.27. The van der Waals surface area contributed by atoms with Gasteiger partial charge in [0, 0.05) is 36.4 Å². The number of hydrogen-bond donors (Lipinski definition) is 2. The number of nitrogens with one attached hydrogen (secondary N) is 2. The molecule has 2 unspecified atom stereocenters. The SMILES string of the molecule is CCC(CC(C)C)C(=O)NCCNC(=O)CCCCC1CCSS1. The van der Waals surface area contributed by atoms with Gasteiger partial charge in [0.25, 0.3) is 0 Å². The molecule has 2 atom stereocenters. The molecule has 0 aliphatic carbocycles. The van der Waals surface area contributed by atoms with Crippen molar-refractivity contribution in [1.82, 2.24) is 10.6 Å². The molecule has 1 rings (SSSR count). The minimum Gasteiger partial charge on any atom is -0.354 e. The van der Waals surface area contributed by atoms with E-state index in [2.05, 4.69) is 31.4 Å². The van der Waals surface area contributed by atoms with Crippen LogP contribution in [0.1, 0.15) is 65.7 Å². The van der Waals surface area contributed by atoms with Crippen molar-refractivity contribution in [3.8, 4) is 0 Å². The summed E-state index contributed by atoms with van der Waals surface area (Å²) in [5, 5.41) is 6.64. The number of rotatable bonds is 12. The van der Waals surface area contributed by atoms with Crippen LogP contribution in [0.15, 0.2) is 0 Å². The van der Waals surface area contributed by atoms with E-state index in [1.165, 1.54) is 18.6 Å². The minimum absolute atomic E-state index is 0.0901. The lowest BCUT2D eigenvalue weighted by atomic mass is 9.94. The Balaban J connectivity index is 2.00. The van der Waals surface area contributed by atoms with Crippen LogP contribution in [0.2, 0.25) is 0 Å². The lowest BCUT2D eigenvalue weighted by Crippen LogP contribution is -2.37. The monoisotopic (exact) mass is 374 g/mol. The standard InChI is InChI=1S/C18H34N2O2S2/c1-4-15(13-14(2)3)18(22)20-11-10-19-17(21)8-6-5-7-16-9-12-23-24-16/h14-16H,4-13H2,1-3H3,(H,19,21)(H,20,22). The minimum atomic E-state index is 0.0901. The summed E-state index contributed by atoms with van der Waals surface area (Å²) in [4.78, 5) is 23.8. The van der Waals surface area contributed by atoms with Crippen LogP contribution in [0.5, 0.6) is 0 Å². The van der Waals surface area contributed by atoms with Crippen molar-refractivity contribution in [1.29, 1.82) is 0 Å². The van der Waals surface area contributed by atoms with Gasteiger partial charge in [0.2, 0.25) is 11.8 Å². The van der Waals surface area contributed by atoms with Crippen molar-refractivity contribution < 1.29 is 9.59 Å². The quantitative estimate of drug-likeness (QED) is 0.400. The van der Waals surface area contributed by atoms with Gasteiger partial charge in [-0.15, -0.1) is 0 Å². The topological polar surface area (TPSA) is 58.2 Å². The molecule has 1 saturated heterocycles. The molecule has 0 aromatic carbocycles. The highest BCUT2D eigenvalue weighted by atomic mass is 33.1. The fourth-order valence-electron chi connectivity index (χ4n) is 2.87. The fourth-order valence-corrected chi connectivity index (χ4v) is 5.90. The molecule has 0 aromatic heterocycles. The van der Waals surface area contributed by atoms with E-state index in [0.29, 0.717) is 25.4 Å². The fraction of sp³-hybridized carbons (Fsp3) is 0.889. The van der Waals surface area contributed by atoms with Crippen LogP contribution in [0, 0.1) is 11.8 Å². The molecule has 2 N–H and O–H groups in total. The molecule has 0 saturated carbocycles. The highest BCUT2D eigenvalue weighted by molar-refractivity contribution is 8.77. The van der Waals surface area contributed by atoms with Crippen LogP contribution in [-0.4, -0.2) is 35.9 Å². The smallest absolute Gasteiger partial charge is 0.223 e. The van der Waals surface area contributed by atoms with E-state index in [9.17, 15) is 9.59 Å². The van der Waals surface area contributed by atoms with Gasteiger partial charge in [0.15, 0.2) is 0 Å². The predicted octanol–water partition coefficient (Wildman–Crippen LogP) is 4.01. The summed E-state index contributed by atoms with van der Waals surface area (Å²) in [6.07, 6.45) is 7.04. The summed E-state index contributed by atoms with van der Waals surface area (Å²) in [5.74, 6) is 2.12. The Kier molecular flexibility index (Phi) is 11.7. The predicted molar refractivity (Wildman–Crippen MR) is 106 cm³/mol. The summed E-state index contributed by atoms with van der Waals surface area (Å²) < 4.78 is 0. The molecule has 1 fully saturated rings. The Bertz CT molecular complexity index is 372. The van der Waals surface area contributed by atoms with Crippen molar-refractivity contribution in [3.63, 3.8) is 0 Å². The maximum Gasteiger partial charge on any atom is 0.223 e. The molecule has 140 valence electrons. The molecular formula is C18H34N2O2S2. The normalized spacial score (nSPS) is 18.6.